The second kappa shape index (κ2) is 46.6. The average Bonchev–Trinajstić information content (AvgIpc) is 0.755. The maximum absolute atomic E-state index is 14.1. The number of rotatable bonds is 55. The van der Waals surface area contributed by atoms with Crippen molar-refractivity contribution in [3.8, 4) is 0 Å². The van der Waals surface area contributed by atoms with E-state index in [1.807, 2.05) is 0 Å². The maximum atomic E-state index is 14.1. The normalized spacial score (nSPS) is 14.3. The summed E-state index contributed by atoms with van der Waals surface area (Å²) in [5.41, 5.74) is 0. The molecule has 0 spiro atoms. The molecule has 0 saturated heterocycles. The van der Waals surface area contributed by atoms with E-state index in [9.17, 15) is 4.79 Å². The molecule has 2 rings (SSSR count). The van der Waals surface area contributed by atoms with Gasteiger partial charge in [-0.2, -0.15) is 0 Å². The molecule has 0 aliphatic rings. The van der Waals surface area contributed by atoms with Gasteiger partial charge in [-0.05, 0) is 89.1 Å². The van der Waals surface area contributed by atoms with Gasteiger partial charge in [0.25, 0.3) is 8.32 Å². The van der Waals surface area contributed by atoms with Crippen LogP contribution in [0.25, 0.3) is 0 Å². The van der Waals surface area contributed by atoms with E-state index < -0.39 is 33.3 Å². The summed E-state index contributed by atoms with van der Waals surface area (Å²) in [6.45, 7) is 45.7. The number of carbonyl (C=O) groups is 1. The minimum atomic E-state index is -2.41. The molecule has 0 fully saturated rings. The minimum Gasteiger partial charge on any atom is -0.415 e. The third-order valence-corrected chi connectivity index (χ3v) is 40.3. The summed E-state index contributed by atoms with van der Waals surface area (Å²) in [5, 5.41) is 6.55. The molecule has 534 valence electrons. The van der Waals surface area contributed by atoms with Crippen LogP contribution < -0.4 is 15.7 Å². The van der Waals surface area contributed by atoms with Crippen molar-refractivity contribution in [1.29, 1.82) is 0 Å². The molecule has 1 N–H and O–H groups in total. The predicted octanol–water partition coefficient (Wildman–Crippen LogP) is 25.6. The molecule has 0 radical (unpaired) electrons. The van der Waals surface area contributed by atoms with E-state index >= 15 is 0 Å². The highest BCUT2D eigenvalue weighted by Crippen LogP contribution is 2.41. The van der Waals surface area contributed by atoms with Crippen LogP contribution >= 0.6 is 0 Å². The number of benzene rings is 2. The zero-order valence-electron chi connectivity index (χ0n) is 64.7. The van der Waals surface area contributed by atoms with E-state index in [0.717, 1.165) is 38.7 Å². The minimum absolute atomic E-state index is 0.0125. The molecule has 0 heterocycles. The summed E-state index contributed by atoms with van der Waals surface area (Å²) in [7, 11) is -8.86. The van der Waals surface area contributed by atoms with Crippen molar-refractivity contribution in [2.45, 2.75) is 418 Å². The zero-order valence-corrected chi connectivity index (χ0v) is 68.7. The molecular weight excluding hydrogens is 1190 g/mol. The van der Waals surface area contributed by atoms with Crippen LogP contribution in [0.3, 0.4) is 0 Å². The van der Waals surface area contributed by atoms with Gasteiger partial charge in [0.2, 0.25) is 5.91 Å². The first kappa shape index (κ1) is 86.4. The van der Waals surface area contributed by atoms with E-state index in [2.05, 4.69) is 207 Å². The Morgan fingerprint density at radius 1 is 0.391 bits per heavy atom. The van der Waals surface area contributed by atoms with Gasteiger partial charge in [0.1, 0.15) is 0 Å². The number of hydrogen-bond acceptors (Lipinski definition) is 5. The van der Waals surface area contributed by atoms with Crippen molar-refractivity contribution in [3.05, 3.63) is 72.8 Å². The molecule has 1 amide bonds. The van der Waals surface area contributed by atoms with E-state index in [1.54, 1.807) is 0 Å². The largest absolute Gasteiger partial charge is 0.415 e. The second-order valence-corrected chi connectivity index (χ2v) is 52.8. The van der Waals surface area contributed by atoms with Gasteiger partial charge < -0.3 is 23.0 Å². The summed E-state index contributed by atoms with van der Waals surface area (Å²) < 4.78 is 28.7. The van der Waals surface area contributed by atoms with Gasteiger partial charge in [0, 0.05) is 13.0 Å². The number of unbranched alkanes of at least 4 members (excludes halogenated alkanes) is 35. The molecule has 0 aliphatic heterocycles. The molecule has 6 nitrogen and oxygen atoms in total. The Kier molecular flexibility index (Phi) is 43.8. The Balaban J connectivity index is 1.66. The van der Waals surface area contributed by atoms with Crippen molar-refractivity contribution in [2.24, 2.45) is 0 Å². The fourth-order valence-corrected chi connectivity index (χ4v) is 20.6. The number of amides is 1. The first-order valence-electron chi connectivity index (χ1n) is 39.1. The van der Waals surface area contributed by atoms with Gasteiger partial charge in [-0.3, -0.25) is 4.79 Å². The standard InChI is InChI=1S/C82H155NO5Si4/c1-20-21-22-23-24-25-45-48-51-56-63-73(87-90(16,17)80(5,6)7)69-70-77(88-91(18,19)81(8,9)10)76(72-86-89(14,15)79(2,3)4)83-78(84)68-61-52-49-46-43-41-39-37-35-33-31-29-27-26-28-30-32-34-36-38-40-42-44-47-50-53-62-71-85-92(82(11,12)13,74-64-57-54-58-65-74)75-66-59-55-60-67-75/h54-55,57-60,64-67,69-70,73,76-77H,20-53,56,61-63,68,71-72H2,1-19H3,(H,83,84)/b70-69+/t73-,76+,77-/m1/s1. The lowest BCUT2D eigenvalue weighted by Crippen LogP contribution is -2.66. The number of carbonyl (C=O) groups excluding carboxylic acids is 1. The van der Waals surface area contributed by atoms with Crippen LogP contribution in [0.15, 0.2) is 72.8 Å². The Labute approximate surface area is 578 Å². The van der Waals surface area contributed by atoms with E-state index in [1.165, 1.54) is 222 Å². The third kappa shape index (κ3) is 35.7. The van der Waals surface area contributed by atoms with Crippen molar-refractivity contribution < 1.29 is 22.5 Å². The summed E-state index contributed by atoms with van der Waals surface area (Å²) >= 11 is 0. The highest BCUT2D eigenvalue weighted by molar-refractivity contribution is 6.99. The smallest absolute Gasteiger partial charge is 0.261 e. The van der Waals surface area contributed by atoms with Crippen LogP contribution in [0.1, 0.15) is 340 Å². The first-order chi connectivity index (χ1) is 43.4. The molecule has 2 aromatic carbocycles. The quantitative estimate of drug-likeness (QED) is 0.0406. The Bertz CT molecular complexity index is 2100. The van der Waals surface area contributed by atoms with Crippen LogP contribution in [-0.4, -0.2) is 70.6 Å². The summed E-state index contributed by atoms with van der Waals surface area (Å²) in [6.07, 6.45) is 55.6. The van der Waals surface area contributed by atoms with Crippen LogP contribution in [0.4, 0.5) is 0 Å². The molecule has 10 heteroatoms. The van der Waals surface area contributed by atoms with Crippen LogP contribution in [-0.2, 0) is 22.5 Å². The lowest BCUT2D eigenvalue weighted by Gasteiger charge is -2.43. The monoisotopic (exact) mass is 1350 g/mol. The Morgan fingerprint density at radius 3 is 1.07 bits per heavy atom. The van der Waals surface area contributed by atoms with Gasteiger partial charge in [-0.15, -0.1) is 0 Å². The highest BCUT2D eigenvalue weighted by Gasteiger charge is 2.50. The molecular formula is C82H155NO5Si4. The van der Waals surface area contributed by atoms with Crippen LogP contribution in [0, 0.1) is 0 Å². The highest BCUT2D eigenvalue weighted by atomic mass is 28.4. The first-order valence-corrected chi connectivity index (χ1v) is 49.8. The summed E-state index contributed by atoms with van der Waals surface area (Å²) in [5.74, 6) is 0.126. The second-order valence-electron chi connectivity index (χ2n) is 34.2. The third-order valence-electron chi connectivity index (χ3n) is 21.8. The van der Waals surface area contributed by atoms with E-state index in [-0.39, 0.29) is 44.3 Å². The van der Waals surface area contributed by atoms with Gasteiger partial charge in [-0.25, -0.2) is 0 Å². The fourth-order valence-electron chi connectivity index (χ4n) is 12.4. The molecule has 2 aromatic rings. The van der Waals surface area contributed by atoms with Gasteiger partial charge in [-0.1, -0.05) is 388 Å². The molecule has 92 heavy (non-hydrogen) atoms. The molecule has 0 unspecified atom stereocenters. The Morgan fingerprint density at radius 2 is 0.717 bits per heavy atom. The summed E-state index contributed by atoms with van der Waals surface area (Å²) in [4.78, 5) is 14.1. The lowest BCUT2D eigenvalue weighted by molar-refractivity contribution is -0.122. The Hall–Kier alpha value is -1.64. The summed E-state index contributed by atoms with van der Waals surface area (Å²) in [6, 6.07) is 21.9. The molecule has 0 bridgehead atoms. The van der Waals surface area contributed by atoms with Gasteiger partial charge in [0.05, 0.1) is 24.9 Å². The van der Waals surface area contributed by atoms with Crippen molar-refractivity contribution >= 4 is 49.6 Å². The average molecular weight is 1350 g/mol. The van der Waals surface area contributed by atoms with Crippen LogP contribution in [0.5, 0.6) is 0 Å². The van der Waals surface area contributed by atoms with Crippen molar-refractivity contribution in [1.82, 2.24) is 5.32 Å². The molecule has 0 aromatic heterocycles. The fraction of sp³-hybridized carbons (Fsp3) is 0.817. The van der Waals surface area contributed by atoms with E-state index in [4.69, 9.17) is 17.7 Å². The van der Waals surface area contributed by atoms with Crippen LogP contribution in [0.2, 0.25) is 59.4 Å². The van der Waals surface area contributed by atoms with Crippen molar-refractivity contribution in [2.75, 3.05) is 13.2 Å². The van der Waals surface area contributed by atoms with Gasteiger partial charge >= 0.3 is 0 Å². The van der Waals surface area contributed by atoms with Gasteiger partial charge in [0.15, 0.2) is 25.0 Å². The number of nitrogens with one attached hydrogen (secondary N) is 1. The SMILES string of the molecule is CCCCCCCCCCCC[C@H](/C=C/[C@@H](O[Si](C)(C)C(C)(C)C)[C@H](CO[Si](C)(C)C(C)(C)C)NC(=O)CCCCCCCCCCCCCCCCCCCCCCCCCCCCCO[Si](c1ccccc1)(c1ccccc1)C(C)(C)C)O[Si](C)(C)C(C)(C)C. The van der Waals surface area contributed by atoms with Crippen molar-refractivity contribution in [3.63, 3.8) is 0 Å². The molecule has 0 saturated carbocycles. The predicted molar refractivity (Wildman–Crippen MR) is 418 cm³/mol. The van der Waals surface area contributed by atoms with E-state index in [0.29, 0.717) is 13.0 Å². The molecule has 3 atom stereocenters. The zero-order chi connectivity index (χ0) is 68.5. The topological polar surface area (TPSA) is 66.0 Å². The molecule has 0 aliphatic carbocycles. The lowest BCUT2D eigenvalue weighted by atomic mass is 10.0. The number of hydrogen-bond donors (Lipinski definition) is 1. The maximum Gasteiger partial charge on any atom is 0.261 e.